The van der Waals surface area contributed by atoms with E-state index in [1.807, 2.05) is 13.8 Å². The van der Waals surface area contributed by atoms with Crippen LogP contribution in [0.3, 0.4) is 0 Å². The van der Waals surface area contributed by atoms with Gasteiger partial charge in [0.25, 0.3) is 0 Å². The molecule has 0 spiro atoms. The summed E-state index contributed by atoms with van der Waals surface area (Å²) in [6.45, 7) is 4.65. The summed E-state index contributed by atoms with van der Waals surface area (Å²) < 4.78 is 26.0. The van der Waals surface area contributed by atoms with Crippen LogP contribution in [0.4, 0.5) is 8.78 Å². The second-order valence-corrected chi connectivity index (χ2v) is 7.45. The number of nitrogens with zero attached hydrogens (tertiary/aromatic N) is 2. The lowest BCUT2D eigenvalue weighted by Gasteiger charge is -2.43. The first-order chi connectivity index (χ1) is 14.3. The Hall–Kier alpha value is -3.28. The maximum absolute atomic E-state index is 13.0. The van der Waals surface area contributed by atoms with Crippen LogP contribution in [0.25, 0.3) is 12.2 Å². The van der Waals surface area contributed by atoms with Crippen LogP contribution in [-0.2, 0) is 9.59 Å². The van der Waals surface area contributed by atoms with Crippen molar-refractivity contribution in [1.29, 1.82) is 0 Å². The zero-order valence-electron chi connectivity index (χ0n) is 17.0. The number of carbonyl (C=O) groups is 2. The first-order valence-electron chi connectivity index (χ1n) is 9.82. The van der Waals surface area contributed by atoms with E-state index < -0.39 is 0 Å². The average molecular weight is 410 g/mol. The van der Waals surface area contributed by atoms with Gasteiger partial charge in [-0.15, -0.1) is 0 Å². The maximum Gasteiger partial charge on any atom is 0.246 e. The molecule has 2 aromatic carbocycles. The first kappa shape index (κ1) is 21.4. The van der Waals surface area contributed by atoms with Crippen molar-refractivity contribution in [3.63, 3.8) is 0 Å². The zero-order valence-corrected chi connectivity index (χ0v) is 17.0. The van der Waals surface area contributed by atoms with Crippen molar-refractivity contribution < 1.29 is 18.4 Å². The van der Waals surface area contributed by atoms with Crippen LogP contribution in [0.1, 0.15) is 25.0 Å². The molecular weight excluding hydrogens is 386 g/mol. The molecule has 1 fully saturated rings. The molecule has 2 atom stereocenters. The minimum Gasteiger partial charge on any atom is -0.333 e. The van der Waals surface area contributed by atoms with Gasteiger partial charge in [-0.05, 0) is 61.4 Å². The van der Waals surface area contributed by atoms with E-state index in [-0.39, 0.29) is 35.5 Å². The second-order valence-electron chi connectivity index (χ2n) is 7.45. The molecule has 0 aliphatic carbocycles. The van der Waals surface area contributed by atoms with Crippen LogP contribution in [0.15, 0.2) is 60.7 Å². The molecule has 1 heterocycles. The number of halogens is 2. The summed E-state index contributed by atoms with van der Waals surface area (Å²) in [5.74, 6) is -0.939. The van der Waals surface area contributed by atoms with Crippen LogP contribution in [0.5, 0.6) is 0 Å². The molecule has 3 rings (SSSR count). The first-order valence-corrected chi connectivity index (χ1v) is 9.82. The average Bonchev–Trinajstić information content (AvgIpc) is 2.73. The molecule has 0 N–H and O–H groups in total. The predicted molar refractivity (Wildman–Crippen MR) is 113 cm³/mol. The molecule has 1 saturated heterocycles. The van der Waals surface area contributed by atoms with E-state index in [2.05, 4.69) is 0 Å². The van der Waals surface area contributed by atoms with Crippen molar-refractivity contribution in [3.05, 3.63) is 83.4 Å². The lowest BCUT2D eigenvalue weighted by Crippen LogP contribution is -2.59. The van der Waals surface area contributed by atoms with Crippen LogP contribution < -0.4 is 0 Å². The largest absolute Gasteiger partial charge is 0.333 e. The highest BCUT2D eigenvalue weighted by molar-refractivity contribution is 5.94. The number of amides is 2. The van der Waals surface area contributed by atoms with Crippen LogP contribution >= 0.6 is 0 Å². The Balaban J connectivity index is 1.61. The van der Waals surface area contributed by atoms with E-state index in [0.29, 0.717) is 13.1 Å². The van der Waals surface area contributed by atoms with Crippen molar-refractivity contribution in [3.8, 4) is 0 Å². The Morgan fingerprint density at radius 2 is 1.07 bits per heavy atom. The van der Waals surface area contributed by atoms with Crippen molar-refractivity contribution in [2.45, 2.75) is 25.9 Å². The Kier molecular flexibility index (Phi) is 6.77. The van der Waals surface area contributed by atoms with Crippen LogP contribution in [0.2, 0.25) is 0 Å². The number of carbonyl (C=O) groups excluding carboxylic acids is 2. The standard InChI is InChI=1S/C24H24F2N2O2/c1-17-15-28(24(30)14-8-20-5-11-22(26)12-6-20)18(2)16-27(17)23(29)13-7-19-3-9-21(25)10-4-19/h3-14,17-18H,15-16H2,1-2H3. The molecule has 0 bridgehead atoms. The molecule has 4 nitrogen and oxygen atoms in total. The van der Waals surface area contributed by atoms with E-state index >= 15 is 0 Å². The van der Waals surface area contributed by atoms with Crippen molar-refractivity contribution in [2.24, 2.45) is 0 Å². The Morgan fingerprint density at radius 3 is 1.40 bits per heavy atom. The zero-order chi connectivity index (χ0) is 21.7. The quantitative estimate of drug-likeness (QED) is 0.711. The van der Waals surface area contributed by atoms with Gasteiger partial charge in [0, 0.05) is 37.3 Å². The molecule has 6 heteroatoms. The summed E-state index contributed by atoms with van der Waals surface area (Å²) in [6, 6.07) is 11.5. The molecule has 2 amide bonds. The van der Waals surface area contributed by atoms with E-state index in [1.54, 1.807) is 46.2 Å². The molecule has 0 saturated carbocycles. The van der Waals surface area contributed by atoms with E-state index in [4.69, 9.17) is 0 Å². The minimum atomic E-state index is -0.324. The Labute approximate surface area is 175 Å². The minimum absolute atomic E-state index is 0.144. The summed E-state index contributed by atoms with van der Waals surface area (Å²) in [5.41, 5.74) is 1.48. The SMILES string of the molecule is CC1CN(C(=O)C=Cc2ccc(F)cc2)C(C)CN1C(=O)C=Cc1ccc(F)cc1. The van der Waals surface area contributed by atoms with Gasteiger partial charge in [0.15, 0.2) is 0 Å². The monoisotopic (exact) mass is 410 g/mol. The maximum atomic E-state index is 13.0. The number of hydrogen-bond acceptors (Lipinski definition) is 2. The Morgan fingerprint density at radius 1 is 0.733 bits per heavy atom. The van der Waals surface area contributed by atoms with Gasteiger partial charge in [-0.1, -0.05) is 24.3 Å². The summed E-state index contributed by atoms with van der Waals surface area (Å²) in [6.07, 6.45) is 6.26. The molecule has 1 aliphatic heterocycles. The van der Waals surface area contributed by atoms with Gasteiger partial charge in [0.05, 0.1) is 0 Å². The normalized spacial score (nSPS) is 19.6. The third-order valence-corrected chi connectivity index (χ3v) is 5.13. The highest BCUT2D eigenvalue weighted by atomic mass is 19.1. The number of hydrogen-bond donors (Lipinski definition) is 0. The summed E-state index contributed by atoms with van der Waals surface area (Å²) in [7, 11) is 0. The fraction of sp³-hybridized carbons (Fsp3) is 0.250. The second kappa shape index (κ2) is 9.48. The molecule has 0 aromatic heterocycles. The van der Waals surface area contributed by atoms with Gasteiger partial charge in [-0.3, -0.25) is 9.59 Å². The third-order valence-electron chi connectivity index (χ3n) is 5.13. The summed E-state index contributed by atoms with van der Waals surface area (Å²) >= 11 is 0. The highest BCUT2D eigenvalue weighted by Crippen LogP contribution is 2.17. The fourth-order valence-corrected chi connectivity index (χ4v) is 3.41. The van der Waals surface area contributed by atoms with Crippen molar-refractivity contribution in [2.75, 3.05) is 13.1 Å². The molecule has 2 unspecified atom stereocenters. The van der Waals surface area contributed by atoms with Gasteiger partial charge >= 0.3 is 0 Å². The molecular formula is C24H24F2N2O2. The fourth-order valence-electron chi connectivity index (χ4n) is 3.41. The number of benzene rings is 2. The molecule has 156 valence electrons. The van der Waals surface area contributed by atoms with Gasteiger partial charge < -0.3 is 9.80 Å². The van der Waals surface area contributed by atoms with Crippen LogP contribution in [0, 0.1) is 11.6 Å². The lowest BCUT2D eigenvalue weighted by molar-refractivity contribution is -0.139. The summed E-state index contributed by atoms with van der Waals surface area (Å²) in [5, 5.41) is 0. The third kappa shape index (κ3) is 5.41. The Bertz CT molecular complexity index is 873. The van der Waals surface area contributed by atoms with E-state index in [0.717, 1.165) is 11.1 Å². The van der Waals surface area contributed by atoms with Gasteiger partial charge in [-0.25, -0.2) is 8.78 Å². The highest BCUT2D eigenvalue weighted by Gasteiger charge is 2.32. The van der Waals surface area contributed by atoms with E-state index in [9.17, 15) is 18.4 Å². The number of piperazine rings is 1. The smallest absolute Gasteiger partial charge is 0.246 e. The molecule has 30 heavy (non-hydrogen) atoms. The van der Waals surface area contributed by atoms with Crippen molar-refractivity contribution >= 4 is 24.0 Å². The summed E-state index contributed by atoms with van der Waals surface area (Å²) in [4.78, 5) is 28.7. The topological polar surface area (TPSA) is 40.6 Å². The van der Waals surface area contributed by atoms with Gasteiger partial charge in [-0.2, -0.15) is 0 Å². The van der Waals surface area contributed by atoms with E-state index in [1.165, 1.54) is 36.4 Å². The lowest BCUT2D eigenvalue weighted by atomic mass is 10.1. The number of rotatable bonds is 4. The van der Waals surface area contributed by atoms with Crippen LogP contribution in [-0.4, -0.2) is 46.8 Å². The molecule has 2 aromatic rings. The molecule has 0 radical (unpaired) electrons. The predicted octanol–water partition coefficient (Wildman–Crippen LogP) is 4.14. The van der Waals surface area contributed by atoms with Gasteiger partial charge in [0.2, 0.25) is 11.8 Å². The van der Waals surface area contributed by atoms with Crippen molar-refractivity contribution in [1.82, 2.24) is 9.80 Å². The molecule has 1 aliphatic rings. The van der Waals surface area contributed by atoms with Gasteiger partial charge in [0.1, 0.15) is 11.6 Å².